The lowest BCUT2D eigenvalue weighted by Crippen LogP contribution is -2.64. The van der Waals surface area contributed by atoms with E-state index in [0.717, 1.165) is 73.2 Å². The van der Waals surface area contributed by atoms with Gasteiger partial charge in [-0.25, -0.2) is 0 Å². The van der Waals surface area contributed by atoms with E-state index in [1.54, 1.807) is 18.2 Å². The molecule has 9 heteroatoms. The molecule has 2 aliphatic carbocycles. The number of benzene rings is 2. The molecule has 1 heterocycles. The maximum atomic E-state index is 11.5. The molecule has 3 aliphatic rings. The lowest BCUT2D eigenvalue weighted by Gasteiger charge is -2.58. The summed E-state index contributed by atoms with van der Waals surface area (Å²) < 4.78 is 20.4. The number of allylic oxidation sites excluding steroid dienone is 1. The van der Waals surface area contributed by atoms with Crippen LogP contribution >= 0.6 is 11.8 Å². The second-order valence-electron chi connectivity index (χ2n) is 14.2. The van der Waals surface area contributed by atoms with E-state index in [9.17, 15) is 15.0 Å². The molecule has 1 saturated carbocycles. The number of hydrogen-bond donors (Lipinski definition) is 2. The number of fused-ring (bicyclic) bond motifs is 2. The first kappa shape index (κ1) is 37.2. The minimum absolute atomic E-state index is 0.0173. The Labute approximate surface area is 295 Å². The molecule has 0 aromatic heterocycles. The molecule has 6 atom stereocenters. The molecule has 266 valence electrons. The van der Waals surface area contributed by atoms with Gasteiger partial charge in [0.2, 0.25) is 5.79 Å². The summed E-state index contributed by atoms with van der Waals surface area (Å²) in [6.45, 7) is 12.8. The van der Waals surface area contributed by atoms with Crippen LogP contribution in [0.3, 0.4) is 0 Å². The van der Waals surface area contributed by atoms with Gasteiger partial charge in [-0.05, 0) is 99.9 Å². The van der Waals surface area contributed by atoms with Crippen LogP contribution in [0.25, 0.3) is 0 Å². The molecule has 0 radical (unpaired) electrons. The summed E-state index contributed by atoms with van der Waals surface area (Å²) in [5, 5.41) is 24.3. The Balaban J connectivity index is 1.72. The predicted octanol–water partition coefficient (Wildman–Crippen LogP) is 8.48. The van der Waals surface area contributed by atoms with Crippen molar-refractivity contribution in [1.29, 1.82) is 0 Å². The standard InChI is InChI=1S/C40H53NO7S/c1-6-21-45-40-36(49-7-2)25-34(41-48-39(3,4)5)32-23-28(14-8-10-19-42)31(16-9-11-20-43)37(38(32)40)33-24-30(17-18-35(33)47-40)46-29-15-12-13-27(22-29)26-44/h6,12-13,15,17-18,22-24,26,28,31,36-38,42-43H,1,7-11,14,16,19-21,25H2,2-5H3/t28-,31+,36-,37+,38+,40+/m0/s1. The van der Waals surface area contributed by atoms with Crippen LogP contribution in [0, 0.1) is 17.8 Å². The number of hydrogen-bond acceptors (Lipinski definition) is 9. The molecule has 0 spiro atoms. The highest BCUT2D eigenvalue weighted by atomic mass is 32.2. The first-order valence-electron chi connectivity index (χ1n) is 17.8. The van der Waals surface area contributed by atoms with Gasteiger partial charge in [-0.2, -0.15) is 11.8 Å². The molecule has 1 fully saturated rings. The van der Waals surface area contributed by atoms with E-state index in [4.69, 9.17) is 24.2 Å². The lowest BCUT2D eigenvalue weighted by atomic mass is 9.56. The number of thioether (sulfide) groups is 1. The summed E-state index contributed by atoms with van der Waals surface area (Å²) in [5.41, 5.74) is 3.18. The molecule has 2 aromatic rings. The highest BCUT2D eigenvalue weighted by Gasteiger charge is 2.63. The van der Waals surface area contributed by atoms with Gasteiger partial charge in [0.25, 0.3) is 0 Å². The normalized spacial score (nSPS) is 26.6. The Kier molecular flexibility index (Phi) is 12.7. The molecule has 2 N–H and O–H groups in total. The van der Waals surface area contributed by atoms with Crippen LogP contribution in [0.15, 0.2) is 71.9 Å². The molecule has 2 aromatic carbocycles. The van der Waals surface area contributed by atoms with E-state index in [1.807, 2.05) is 56.8 Å². The molecule has 0 amide bonds. The zero-order valence-electron chi connectivity index (χ0n) is 29.4. The number of aliphatic hydroxyl groups excluding tert-OH is 2. The van der Waals surface area contributed by atoms with Crippen LogP contribution in [-0.4, -0.2) is 64.4 Å². The van der Waals surface area contributed by atoms with E-state index in [0.29, 0.717) is 30.1 Å². The molecule has 1 aliphatic heterocycles. The number of rotatable bonds is 17. The van der Waals surface area contributed by atoms with Crippen LogP contribution in [0.4, 0.5) is 0 Å². The third kappa shape index (κ3) is 8.44. The highest BCUT2D eigenvalue weighted by Crippen LogP contribution is 2.62. The fraction of sp³-hybridized carbons (Fsp3) is 0.550. The van der Waals surface area contributed by atoms with Crippen molar-refractivity contribution >= 4 is 23.8 Å². The van der Waals surface area contributed by atoms with Crippen molar-refractivity contribution in [3.8, 4) is 17.2 Å². The van der Waals surface area contributed by atoms with E-state index in [2.05, 4.69) is 25.6 Å². The lowest BCUT2D eigenvalue weighted by molar-refractivity contribution is -0.223. The first-order valence-corrected chi connectivity index (χ1v) is 18.8. The van der Waals surface area contributed by atoms with Crippen LogP contribution in [0.2, 0.25) is 0 Å². The van der Waals surface area contributed by atoms with Crippen molar-refractivity contribution in [2.45, 2.75) is 95.2 Å². The first-order chi connectivity index (χ1) is 23.7. The minimum Gasteiger partial charge on any atom is -0.460 e. The smallest absolute Gasteiger partial charge is 0.230 e. The molecule has 5 rings (SSSR count). The largest absolute Gasteiger partial charge is 0.460 e. The van der Waals surface area contributed by atoms with Crippen LogP contribution in [0.1, 0.15) is 94.5 Å². The molecule has 0 unspecified atom stereocenters. The summed E-state index contributed by atoms with van der Waals surface area (Å²) in [7, 11) is 0. The number of aliphatic hydroxyl groups is 2. The number of oxime groups is 1. The molecule has 49 heavy (non-hydrogen) atoms. The second kappa shape index (κ2) is 16.7. The zero-order chi connectivity index (χ0) is 35.0. The van der Waals surface area contributed by atoms with Gasteiger partial charge < -0.3 is 29.3 Å². The van der Waals surface area contributed by atoms with Crippen molar-refractivity contribution in [3.63, 3.8) is 0 Å². The summed E-state index contributed by atoms with van der Waals surface area (Å²) in [5.74, 6) is 2.11. The summed E-state index contributed by atoms with van der Waals surface area (Å²) >= 11 is 1.82. The number of nitrogens with zero attached hydrogens (tertiary/aromatic N) is 1. The van der Waals surface area contributed by atoms with Crippen molar-refractivity contribution in [2.75, 3.05) is 25.6 Å². The average Bonchev–Trinajstić information content (AvgIpc) is 3.08. The van der Waals surface area contributed by atoms with Crippen molar-refractivity contribution < 1.29 is 34.1 Å². The Morgan fingerprint density at radius 1 is 1.06 bits per heavy atom. The van der Waals surface area contributed by atoms with Crippen LogP contribution in [0.5, 0.6) is 17.2 Å². The van der Waals surface area contributed by atoms with Gasteiger partial charge in [-0.3, -0.25) is 4.79 Å². The van der Waals surface area contributed by atoms with Gasteiger partial charge in [-0.15, -0.1) is 6.58 Å². The number of ether oxygens (including phenoxy) is 3. The zero-order valence-corrected chi connectivity index (χ0v) is 30.3. The Morgan fingerprint density at radius 3 is 2.51 bits per heavy atom. The van der Waals surface area contributed by atoms with Crippen LogP contribution in [-0.2, 0) is 9.57 Å². The SMILES string of the molecule is C=CCO[C@@]12Oc3ccc(Oc4cccc(C=O)c4)cc3[C@H]3[C@H](CCCCO)[C@@H](CCCCO)C=C(C(=NOC(C)(C)C)C[C@@H]1SCC)[C@H]32. The van der Waals surface area contributed by atoms with E-state index in [1.165, 1.54) is 0 Å². The molecule has 8 nitrogen and oxygen atoms in total. The van der Waals surface area contributed by atoms with Crippen molar-refractivity contribution in [2.24, 2.45) is 22.9 Å². The maximum Gasteiger partial charge on any atom is 0.230 e. The van der Waals surface area contributed by atoms with Crippen molar-refractivity contribution in [3.05, 3.63) is 77.9 Å². The Bertz CT molecular complexity index is 1500. The fourth-order valence-electron chi connectivity index (χ4n) is 7.72. The molecule has 0 saturated heterocycles. The van der Waals surface area contributed by atoms with Gasteiger partial charge in [0.15, 0.2) is 0 Å². The quantitative estimate of drug-likeness (QED) is 0.0737. The Morgan fingerprint density at radius 2 is 1.82 bits per heavy atom. The maximum absolute atomic E-state index is 11.5. The molecule has 0 bridgehead atoms. The van der Waals surface area contributed by atoms with E-state index >= 15 is 0 Å². The fourth-order valence-corrected chi connectivity index (χ4v) is 8.89. The van der Waals surface area contributed by atoms with Gasteiger partial charge in [-0.1, -0.05) is 49.2 Å². The number of carbonyl (C=O) groups excluding carboxylic acids is 1. The topological polar surface area (TPSA) is 107 Å². The second-order valence-corrected chi connectivity index (χ2v) is 15.7. The van der Waals surface area contributed by atoms with Crippen LogP contribution < -0.4 is 9.47 Å². The molecular weight excluding hydrogens is 639 g/mol. The van der Waals surface area contributed by atoms with Gasteiger partial charge in [0, 0.05) is 36.7 Å². The summed E-state index contributed by atoms with van der Waals surface area (Å²) in [6, 6.07) is 13.2. The third-order valence-electron chi connectivity index (χ3n) is 9.65. The van der Waals surface area contributed by atoms with E-state index in [-0.39, 0.29) is 42.1 Å². The minimum atomic E-state index is -0.981. The highest BCUT2D eigenvalue weighted by molar-refractivity contribution is 8.00. The molecular formula is C40H53NO7S. The van der Waals surface area contributed by atoms with Gasteiger partial charge in [0.05, 0.1) is 23.5 Å². The number of unbranched alkanes of at least 4 members (excludes halogenated alkanes) is 2. The monoisotopic (exact) mass is 691 g/mol. The van der Waals surface area contributed by atoms with Crippen molar-refractivity contribution in [1.82, 2.24) is 0 Å². The number of carbonyl (C=O) groups is 1. The van der Waals surface area contributed by atoms with Gasteiger partial charge in [0.1, 0.15) is 29.1 Å². The van der Waals surface area contributed by atoms with Gasteiger partial charge >= 0.3 is 0 Å². The Hall–Kier alpha value is -3.11. The summed E-state index contributed by atoms with van der Waals surface area (Å²) in [4.78, 5) is 17.6. The average molecular weight is 692 g/mol. The predicted molar refractivity (Wildman–Crippen MR) is 196 cm³/mol. The summed E-state index contributed by atoms with van der Waals surface area (Å²) in [6.07, 6.45) is 10.7. The number of aldehydes is 1. The third-order valence-corrected chi connectivity index (χ3v) is 10.9. The van der Waals surface area contributed by atoms with E-state index < -0.39 is 11.4 Å².